The van der Waals surface area contributed by atoms with Crippen molar-refractivity contribution >= 4 is 12.6 Å². The quantitative estimate of drug-likeness (QED) is 0.317. The molecule has 0 radical (unpaired) electrons. The molecule has 2 aromatic heterocycles. The van der Waals surface area contributed by atoms with E-state index in [1.165, 1.54) is 5.56 Å². The molecule has 6 nitrogen and oxygen atoms in total. The molecule has 34 heavy (non-hydrogen) atoms. The van der Waals surface area contributed by atoms with Gasteiger partial charge in [-0.05, 0) is 35.1 Å². The van der Waals surface area contributed by atoms with Crippen LogP contribution in [-0.4, -0.2) is 32.1 Å². The highest BCUT2D eigenvalue weighted by Crippen LogP contribution is 2.17. The molecule has 0 bridgehead atoms. The molecule has 0 atom stereocenters. The van der Waals surface area contributed by atoms with Crippen molar-refractivity contribution in [3.05, 3.63) is 107 Å². The van der Waals surface area contributed by atoms with Gasteiger partial charge in [0.25, 0.3) is 0 Å². The lowest BCUT2D eigenvalue weighted by Crippen LogP contribution is -2.07. The molecule has 6 heteroatoms. The second kappa shape index (κ2) is 11.9. The molecule has 0 aliphatic carbocycles. The Hall–Kier alpha value is -3.80. The molecule has 0 N–H and O–H groups in total. The Kier molecular flexibility index (Phi) is 8.68. The summed E-state index contributed by atoms with van der Waals surface area (Å²) < 4.78 is 3.67. The average Bonchev–Trinajstić information content (AvgIpc) is 3.45. The number of hydrogen-bond donors (Lipinski definition) is 0. The Labute approximate surface area is 201 Å². The van der Waals surface area contributed by atoms with Gasteiger partial charge in [-0.25, -0.2) is 0 Å². The Balaban J connectivity index is 0.000000191. The van der Waals surface area contributed by atoms with Crippen LogP contribution in [0, 0.1) is 0 Å². The molecule has 0 saturated carbocycles. The number of carbonyl (C=O) groups is 2. The zero-order valence-electron chi connectivity index (χ0n) is 20.3. The number of aldehydes is 2. The van der Waals surface area contributed by atoms with Gasteiger partial charge >= 0.3 is 0 Å². The summed E-state index contributed by atoms with van der Waals surface area (Å²) in [5.41, 5.74) is 5.53. The summed E-state index contributed by atoms with van der Waals surface area (Å²) in [6.07, 6.45) is 1.66. The highest BCUT2D eigenvalue weighted by molar-refractivity contribution is 5.72. The predicted octanol–water partition coefficient (Wildman–Crippen LogP) is 5.73. The molecule has 0 aliphatic rings. The van der Waals surface area contributed by atoms with Gasteiger partial charge in [-0.2, -0.15) is 10.2 Å². The second-order valence-corrected chi connectivity index (χ2v) is 8.82. The maximum absolute atomic E-state index is 11.0. The number of carbonyl (C=O) groups excluding carboxylic acids is 2. The van der Waals surface area contributed by atoms with Crippen molar-refractivity contribution in [1.82, 2.24) is 19.6 Å². The van der Waals surface area contributed by atoms with Crippen molar-refractivity contribution in [3.63, 3.8) is 0 Å². The van der Waals surface area contributed by atoms with Gasteiger partial charge in [0, 0.05) is 5.69 Å². The lowest BCUT2D eigenvalue weighted by Gasteiger charge is -2.09. The van der Waals surface area contributed by atoms with E-state index < -0.39 is 0 Å². The van der Waals surface area contributed by atoms with Crippen LogP contribution in [-0.2, 0) is 13.1 Å². The second-order valence-electron chi connectivity index (χ2n) is 8.82. The summed E-state index contributed by atoms with van der Waals surface area (Å²) in [4.78, 5) is 21.8. The van der Waals surface area contributed by atoms with E-state index in [2.05, 4.69) is 50.0 Å². The fraction of sp³-hybridized carbons (Fsp3) is 0.286. The number of nitrogens with zero attached hydrogens (tertiary/aromatic N) is 4. The number of aromatic nitrogens is 4. The van der Waals surface area contributed by atoms with Crippen LogP contribution < -0.4 is 0 Å². The summed E-state index contributed by atoms with van der Waals surface area (Å²) in [5.74, 6) is 0.700. The Morgan fingerprint density at radius 2 is 1.26 bits per heavy atom. The van der Waals surface area contributed by atoms with Crippen LogP contribution in [0.2, 0.25) is 0 Å². The first-order valence-electron chi connectivity index (χ1n) is 11.5. The van der Waals surface area contributed by atoms with E-state index in [9.17, 15) is 9.59 Å². The first-order chi connectivity index (χ1) is 16.4. The van der Waals surface area contributed by atoms with E-state index >= 15 is 0 Å². The molecule has 0 fully saturated rings. The minimum Gasteiger partial charge on any atom is -0.296 e. The van der Waals surface area contributed by atoms with Crippen molar-refractivity contribution < 1.29 is 9.59 Å². The highest BCUT2D eigenvalue weighted by Gasteiger charge is 2.11. The van der Waals surface area contributed by atoms with Gasteiger partial charge in [0.2, 0.25) is 0 Å². The van der Waals surface area contributed by atoms with Gasteiger partial charge in [0.05, 0.1) is 18.8 Å². The van der Waals surface area contributed by atoms with Crippen LogP contribution in [0.25, 0.3) is 0 Å². The van der Waals surface area contributed by atoms with Crippen molar-refractivity contribution in [2.24, 2.45) is 0 Å². The van der Waals surface area contributed by atoms with E-state index in [0.29, 0.717) is 36.3 Å². The minimum absolute atomic E-state index is 0.339. The molecular weight excluding hydrogens is 424 g/mol. The molecule has 0 amide bonds. The first kappa shape index (κ1) is 24.8. The third-order valence-corrected chi connectivity index (χ3v) is 5.43. The highest BCUT2D eigenvalue weighted by atomic mass is 16.1. The third-order valence-electron chi connectivity index (χ3n) is 5.43. The predicted molar refractivity (Wildman–Crippen MR) is 134 cm³/mol. The van der Waals surface area contributed by atoms with E-state index in [1.807, 2.05) is 65.3 Å². The normalized spacial score (nSPS) is 10.8. The zero-order chi connectivity index (χ0) is 24.5. The lowest BCUT2D eigenvalue weighted by atomic mass is 10.1. The summed E-state index contributed by atoms with van der Waals surface area (Å²) >= 11 is 0. The van der Waals surface area contributed by atoms with Crippen molar-refractivity contribution in [3.8, 4) is 0 Å². The monoisotopic (exact) mass is 456 g/mol. The molecule has 4 rings (SSSR count). The summed E-state index contributed by atoms with van der Waals surface area (Å²) in [6.45, 7) is 9.71. The fourth-order valence-electron chi connectivity index (χ4n) is 3.57. The van der Waals surface area contributed by atoms with Gasteiger partial charge in [0.1, 0.15) is 11.4 Å². The molecule has 0 unspecified atom stereocenters. The van der Waals surface area contributed by atoms with Gasteiger partial charge in [-0.3, -0.25) is 19.0 Å². The van der Waals surface area contributed by atoms with Crippen LogP contribution in [0.4, 0.5) is 0 Å². The van der Waals surface area contributed by atoms with E-state index in [0.717, 1.165) is 29.5 Å². The lowest BCUT2D eigenvalue weighted by molar-refractivity contribution is 0.110. The molecule has 2 aromatic carbocycles. The first-order valence-corrected chi connectivity index (χ1v) is 11.5. The Morgan fingerprint density at radius 1 is 0.706 bits per heavy atom. The van der Waals surface area contributed by atoms with Crippen LogP contribution in [0.1, 0.15) is 83.0 Å². The zero-order valence-corrected chi connectivity index (χ0v) is 20.3. The summed E-state index contributed by atoms with van der Waals surface area (Å²) in [7, 11) is 0. The maximum Gasteiger partial charge on any atom is 0.170 e. The average molecular weight is 457 g/mol. The van der Waals surface area contributed by atoms with Crippen molar-refractivity contribution in [1.29, 1.82) is 0 Å². The number of rotatable bonds is 8. The maximum atomic E-state index is 11.0. The molecule has 0 saturated heterocycles. The molecular formula is C28H32N4O2. The third kappa shape index (κ3) is 6.61. The van der Waals surface area contributed by atoms with Gasteiger partial charge in [0.15, 0.2) is 12.6 Å². The Morgan fingerprint density at radius 3 is 1.74 bits per heavy atom. The van der Waals surface area contributed by atoms with Crippen LogP contribution in [0.15, 0.2) is 72.8 Å². The molecule has 2 heterocycles. The molecule has 176 valence electrons. The molecule has 4 aromatic rings. The van der Waals surface area contributed by atoms with Gasteiger partial charge in [-0.1, -0.05) is 88.4 Å². The minimum atomic E-state index is 0.339. The van der Waals surface area contributed by atoms with Crippen molar-refractivity contribution in [2.45, 2.75) is 52.6 Å². The molecule has 0 spiro atoms. The van der Waals surface area contributed by atoms with Crippen LogP contribution in [0.5, 0.6) is 0 Å². The smallest absolute Gasteiger partial charge is 0.170 e. The fourth-order valence-corrected chi connectivity index (χ4v) is 3.57. The van der Waals surface area contributed by atoms with E-state index in [4.69, 9.17) is 0 Å². The van der Waals surface area contributed by atoms with Crippen LogP contribution in [0.3, 0.4) is 0 Å². The summed E-state index contributed by atoms with van der Waals surface area (Å²) in [5, 5.41) is 8.76. The van der Waals surface area contributed by atoms with Crippen LogP contribution >= 0.6 is 0 Å². The van der Waals surface area contributed by atoms with Gasteiger partial charge < -0.3 is 0 Å². The largest absolute Gasteiger partial charge is 0.296 e. The number of benzene rings is 2. The number of hydrogen-bond acceptors (Lipinski definition) is 4. The van der Waals surface area contributed by atoms with E-state index in [-0.39, 0.29) is 0 Å². The van der Waals surface area contributed by atoms with Gasteiger partial charge in [-0.15, -0.1) is 0 Å². The molecule has 0 aliphatic heterocycles. The summed E-state index contributed by atoms with van der Waals surface area (Å²) in [6, 6.07) is 23.9. The standard InChI is InChI=1S/2C14H16N2O/c1-11(2)14-8-13(10-17)16(15-14)9-12-6-4-3-5-7-12;1-11(2)14-8-13(10-17)15-16(14)9-12-6-4-3-5-7-12/h2*3-8,10-11H,9H2,1-2H3. The topological polar surface area (TPSA) is 69.8 Å². The SMILES string of the molecule is CC(C)c1cc(C=O)n(Cc2ccccc2)n1.CC(C)c1cc(C=O)nn1Cc1ccccc1. The Bertz CT molecular complexity index is 1190. The van der Waals surface area contributed by atoms with E-state index in [1.54, 1.807) is 4.68 Å². The van der Waals surface area contributed by atoms with Crippen molar-refractivity contribution in [2.75, 3.05) is 0 Å².